The van der Waals surface area contributed by atoms with E-state index in [-0.39, 0.29) is 4.90 Å². The van der Waals surface area contributed by atoms with E-state index in [0.29, 0.717) is 5.69 Å². The van der Waals surface area contributed by atoms with Gasteiger partial charge in [-0.3, -0.25) is 0 Å². The predicted octanol–water partition coefficient (Wildman–Crippen LogP) is 2.00. The SMILES string of the molecule is CCN(Cc1cccs1)c1ccc(S(N)(=O)=O)cc1N. The molecule has 1 aromatic carbocycles. The van der Waals surface area contributed by atoms with Gasteiger partial charge in [0.25, 0.3) is 0 Å². The van der Waals surface area contributed by atoms with Crippen molar-refractivity contribution in [2.45, 2.75) is 18.4 Å². The molecule has 0 aliphatic heterocycles. The van der Waals surface area contributed by atoms with Crippen LogP contribution in [0.25, 0.3) is 0 Å². The molecule has 20 heavy (non-hydrogen) atoms. The van der Waals surface area contributed by atoms with Gasteiger partial charge < -0.3 is 10.6 Å². The van der Waals surface area contributed by atoms with Gasteiger partial charge in [-0.2, -0.15) is 0 Å². The first-order valence-corrected chi connectivity index (χ1v) is 8.54. The topological polar surface area (TPSA) is 89.4 Å². The minimum absolute atomic E-state index is 0.0333. The first kappa shape index (κ1) is 14.8. The highest BCUT2D eigenvalue weighted by atomic mass is 32.2. The molecule has 2 rings (SSSR count). The van der Waals surface area contributed by atoms with Gasteiger partial charge in [0.2, 0.25) is 10.0 Å². The van der Waals surface area contributed by atoms with E-state index in [0.717, 1.165) is 18.8 Å². The van der Waals surface area contributed by atoms with Gasteiger partial charge in [0.1, 0.15) is 0 Å². The van der Waals surface area contributed by atoms with Crippen molar-refractivity contribution in [1.29, 1.82) is 0 Å². The van der Waals surface area contributed by atoms with Crippen LogP contribution in [-0.2, 0) is 16.6 Å². The fraction of sp³-hybridized carbons (Fsp3) is 0.231. The Morgan fingerprint density at radius 1 is 1.30 bits per heavy atom. The number of anilines is 2. The van der Waals surface area contributed by atoms with Crippen molar-refractivity contribution in [3.8, 4) is 0 Å². The lowest BCUT2D eigenvalue weighted by Crippen LogP contribution is -2.23. The lowest BCUT2D eigenvalue weighted by molar-refractivity contribution is 0.598. The fourth-order valence-electron chi connectivity index (χ4n) is 1.96. The van der Waals surface area contributed by atoms with Crippen LogP contribution in [0.15, 0.2) is 40.6 Å². The second-order valence-electron chi connectivity index (χ2n) is 4.36. The van der Waals surface area contributed by atoms with Crippen LogP contribution in [0.5, 0.6) is 0 Å². The summed E-state index contributed by atoms with van der Waals surface area (Å²) in [6.45, 7) is 3.55. The van der Waals surface area contributed by atoms with Crippen molar-refractivity contribution < 1.29 is 8.42 Å². The van der Waals surface area contributed by atoms with E-state index in [1.807, 2.05) is 18.4 Å². The summed E-state index contributed by atoms with van der Waals surface area (Å²) < 4.78 is 22.6. The van der Waals surface area contributed by atoms with Crippen molar-refractivity contribution >= 4 is 32.7 Å². The van der Waals surface area contributed by atoms with E-state index in [1.165, 1.54) is 17.0 Å². The van der Waals surface area contributed by atoms with Crippen molar-refractivity contribution in [3.63, 3.8) is 0 Å². The zero-order valence-corrected chi connectivity index (χ0v) is 12.7. The van der Waals surface area contributed by atoms with Crippen molar-refractivity contribution in [3.05, 3.63) is 40.6 Å². The normalized spacial score (nSPS) is 11.5. The second kappa shape index (κ2) is 5.82. The number of nitrogens with zero attached hydrogens (tertiary/aromatic N) is 1. The highest BCUT2D eigenvalue weighted by Gasteiger charge is 2.14. The molecule has 2 aromatic rings. The van der Waals surface area contributed by atoms with Crippen LogP contribution in [0.3, 0.4) is 0 Å². The Labute approximate surface area is 122 Å². The molecule has 0 atom stereocenters. The lowest BCUT2D eigenvalue weighted by atomic mass is 10.2. The minimum Gasteiger partial charge on any atom is -0.397 e. The number of nitrogen functional groups attached to an aromatic ring is 1. The second-order valence-corrected chi connectivity index (χ2v) is 6.95. The van der Waals surface area contributed by atoms with Crippen LogP contribution in [0.1, 0.15) is 11.8 Å². The molecule has 7 heteroatoms. The van der Waals surface area contributed by atoms with E-state index in [9.17, 15) is 8.42 Å². The largest absolute Gasteiger partial charge is 0.397 e. The van der Waals surface area contributed by atoms with Gasteiger partial charge in [-0.15, -0.1) is 11.3 Å². The van der Waals surface area contributed by atoms with Gasteiger partial charge in [0.15, 0.2) is 0 Å². The molecular weight excluding hydrogens is 294 g/mol. The van der Waals surface area contributed by atoms with E-state index in [1.54, 1.807) is 17.4 Å². The third kappa shape index (κ3) is 3.30. The summed E-state index contributed by atoms with van der Waals surface area (Å²) >= 11 is 1.68. The van der Waals surface area contributed by atoms with Crippen molar-refractivity contribution in [1.82, 2.24) is 0 Å². The molecule has 0 aliphatic rings. The van der Waals surface area contributed by atoms with Gasteiger partial charge in [-0.1, -0.05) is 6.07 Å². The summed E-state index contributed by atoms with van der Waals surface area (Å²) in [7, 11) is -3.72. The predicted molar refractivity (Wildman–Crippen MR) is 83.3 cm³/mol. The first-order chi connectivity index (χ1) is 9.41. The van der Waals surface area contributed by atoms with Crippen LogP contribution in [0.4, 0.5) is 11.4 Å². The van der Waals surface area contributed by atoms with Gasteiger partial charge >= 0.3 is 0 Å². The number of nitrogens with two attached hydrogens (primary N) is 2. The number of sulfonamides is 1. The molecule has 0 fully saturated rings. The zero-order chi connectivity index (χ0) is 14.8. The van der Waals surface area contributed by atoms with Gasteiger partial charge in [0.05, 0.1) is 22.8 Å². The van der Waals surface area contributed by atoms with Crippen LogP contribution in [0.2, 0.25) is 0 Å². The molecule has 0 aliphatic carbocycles. The smallest absolute Gasteiger partial charge is 0.238 e. The maximum Gasteiger partial charge on any atom is 0.238 e. The van der Waals surface area contributed by atoms with Crippen molar-refractivity contribution in [2.24, 2.45) is 5.14 Å². The van der Waals surface area contributed by atoms with Gasteiger partial charge in [-0.05, 0) is 36.6 Å². The molecule has 0 unspecified atom stereocenters. The molecule has 108 valence electrons. The molecular formula is C13H17N3O2S2. The highest BCUT2D eigenvalue weighted by Crippen LogP contribution is 2.27. The van der Waals surface area contributed by atoms with Crippen LogP contribution < -0.4 is 15.8 Å². The number of primary sulfonamides is 1. The highest BCUT2D eigenvalue weighted by molar-refractivity contribution is 7.89. The summed E-state index contributed by atoms with van der Waals surface area (Å²) in [5.41, 5.74) is 7.19. The Hall–Kier alpha value is -1.57. The third-order valence-electron chi connectivity index (χ3n) is 2.98. The summed E-state index contributed by atoms with van der Waals surface area (Å²) in [5, 5.41) is 7.12. The standard InChI is InChI=1S/C13H17N3O2S2/c1-2-16(9-10-4-3-7-19-10)13-6-5-11(8-12(13)14)20(15,17)18/h3-8H,2,9,14H2,1H3,(H2,15,17,18). The van der Waals surface area contributed by atoms with E-state index in [4.69, 9.17) is 10.9 Å². The average molecular weight is 311 g/mol. The molecule has 0 radical (unpaired) electrons. The Morgan fingerprint density at radius 2 is 2.05 bits per heavy atom. The molecule has 0 bridgehead atoms. The number of thiophene rings is 1. The van der Waals surface area contributed by atoms with E-state index in [2.05, 4.69) is 11.0 Å². The van der Waals surface area contributed by atoms with E-state index >= 15 is 0 Å². The Kier molecular flexibility index (Phi) is 4.32. The Bertz CT molecular complexity index is 682. The van der Waals surface area contributed by atoms with Crippen LogP contribution in [0, 0.1) is 0 Å². The Balaban J connectivity index is 2.31. The maximum atomic E-state index is 11.3. The van der Waals surface area contributed by atoms with Crippen molar-refractivity contribution in [2.75, 3.05) is 17.2 Å². The quantitative estimate of drug-likeness (QED) is 0.827. The van der Waals surface area contributed by atoms with Gasteiger partial charge in [0, 0.05) is 11.4 Å². The van der Waals surface area contributed by atoms with Crippen LogP contribution >= 0.6 is 11.3 Å². The van der Waals surface area contributed by atoms with E-state index < -0.39 is 10.0 Å². The van der Waals surface area contributed by atoms with Gasteiger partial charge in [-0.25, -0.2) is 13.6 Å². The Morgan fingerprint density at radius 3 is 2.55 bits per heavy atom. The van der Waals surface area contributed by atoms with Crippen LogP contribution in [-0.4, -0.2) is 15.0 Å². The molecule has 5 nitrogen and oxygen atoms in total. The zero-order valence-electron chi connectivity index (χ0n) is 11.1. The first-order valence-electron chi connectivity index (χ1n) is 6.11. The average Bonchev–Trinajstić information content (AvgIpc) is 2.88. The monoisotopic (exact) mass is 311 g/mol. The number of hydrogen-bond donors (Lipinski definition) is 2. The summed E-state index contributed by atoms with van der Waals surface area (Å²) in [6, 6.07) is 8.65. The molecule has 0 saturated heterocycles. The number of rotatable bonds is 5. The lowest BCUT2D eigenvalue weighted by Gasteiger charge is -2.24. The minimum atomic E-state index is -3.72. The molecule has 1 aromatic heterocycles. The molecule has 0 amide bonds. The summed E-state index contributed by atoms with van der Waals surface area (Å²) in [6.07, 6.45) is 0. The fourth-order valence-corrected chi connectivity index (χ4v) is 3.22. The molecule has 4 N–H and O–H groups in total. The molecule has 1 heterocycles. The number of benzene rings is 1. The summed E-state index contributed by atoms with van der Waals surface area (Å²) in [5.74, 6) is 0. The maximum absolute atomic E-state index is 11.3. The number of hydrogen-bond acceptors (Lipinski definition) is 5. The molecule has 0 saturated carbocycles. The third-order valence-corrected chi connectivity index (χ3v) is 4.75. The molecule has 0 spiro atoms. The summed E-state index contributed by atoms with van der Waals surface area (Å²) in [4.78, 5) is 3.35.